The highest BCUT2D eigenvalue weighted by Crippen LogP contribution is 2.17. The summed E-state index contributed by atoms with van der Waals surface area (Å²) in [5.41, 5.74) is 6.29. The molecule has 0 saturated carbocycles. The van der Waals surface area contributed by atoms with Gasteiger partial charge in [-0.15, -0.1) is 0 Å². The second-order valence-electron chi connectivity index (χ2n) is 3.52. The summed E-state index contributed by atoms with van der Waals surface area (Å²) in [6.45, 7) is 3.27. The Morgan fingerprint density at radius 1 is 1.38 bits per heavy atom. The molecule has 0 radical (unpaired) electrons. The van der Waals surface area contributed by atoms with Crippen LogP contribution >= 0.6 is 0 Å². The topological polar surface area (TPSA) is 63.8 Å². The van der Waals surface area contributed by atoms with Gasteiger partial charge >= 0.3 is 0 Å². The fourth-order valence-electron chi connectivity index (χ4n) is 1.26. The van der Waals surface area contributed by atoms with Crippen molar-refractivity contribution in [3.8, 4) is 0 Å². The van der Waals surface area contributed by atoms with E-state index < -0.39 is 13.0 Å². The summed E-state index contributed by atoms with van der Waals surface area (Å²) < 4.78 is 24.1. The van der Waals surface area contributed by atoms with E-state index in [1.807, 2.05) is 6.92 Å². The molecule has 0 fully saturated rings. The second-order valence-corrected chi connectivity index (χ2v) is 3.52. The van der Waals surface area contributed by atoms with Crippen LogP contribution in [-0.2, 0) is 6.42 Å². The molecule has 1 heterocycles. The number of aryl methyl sites for hydroxylation is 1. The minimum atomic E-state index is -2.41. The van der Waals surface area contributed by atoms with Crippen molar-refractivity contribution in [3.63, 3.8) is 0 Å². The van der Waals surface area contributed by atoms with Crippen molar-refractivity contribution < 1.29 is 8.78 Å². The minimum Gasteiger partial charge on any atom is -0.383 e. The van der Waals surface area contributed by atoms with E-state index in [0.29, 0.717) is 29.4 Å². The van der Waals surface area contributed by atoms with E-state index in [0.717, 1.165) is 6.42 Å². The second kappa shape index (κ2) is 5.58. The monoisotopic (exact) mass is 230 g/mol. The van der Waals surface area contributed by atoms with Crippen LogP contribution in [0.1, 0.15) is 24.7 Å². The first kappa shape index (κ1) is 12.6. The number of halogens is 2. The summed E-state index contributed by atoms with van der Waals surface area (Å²) in [7, 11) is 0. The van der Waals surface area contributed by atoms with Crippen molar-refractivity contribution in [3.05, 3.63) is 11.4 Å². The Bertz CT molecular complexity index is 355. The molecular weight excluding hydrogens is 214 g/mol. The first-order chi connectivity index (χ1) is 7.54. The van der Waals surface area contributed by atoms with Gasteiger partial charge in [-0.3, -0.25) is 0 Å². The largest absolute Gasteiger partial charge is 0.383 e. The van der Waals surface area contributed by atoms with Crippen molar-refractivity contribution in [2.24, 2.45) is 0 Å². The summed E-state index contributed by atoms with van der Waals surface area (Å²) in [6, 6.07) is 0. The van der Waals surface area contributed by atoms with Crippen LogP contribution in [0, 0.1) is 6.92 Å². The normalized spacial score (nSPS) is 10.8. The van der Waals surface area contributed by atoms with Gasteiger partial charge < -0.3 is 11.1 Å². The molecule has 90 valence electrons. The number of aromatic nitrogens is 2. The molecule has 4 nitrogen and oxygen atoms in total. The van der Waals surface area contributed by atoms with Crippen molar-refractivity contribution in [2.75, 3.05) is 17.6 Å². The molecule has 3 N–H and O–H groups in total. The molecule has 0 amide bonds. The van der Waals surface area contributed by atoms with Gasteiger partial charge in [0.2, 0.25) is 0 Å². The molecular formula is C10H16F2N4. The standard InChI is InChI=1S/C10H16F2N4/c1-3-4-8-15-9(13)6(2)10(16-8)14-5-7(11)12/h7H,3-5H2,1-2H3,(H3,13,14,15,16). The Hall–Kier alpha value is -1.46. The van der Waals surface area contributed by atoms with E-state index >= 15 is 0 Å². The molecule has 0 atom stereocenters. The molecule has 1 rings (SSSR count). The molecule has 0 spiro atoms. The van der Waals surface area contributed by atoms with Gasteiger partial charge in [0.05, 0.1) is 6.54 Å². The number of alkyl halides is 2. The highest BCUT2D eigenvalue weighted by Gasteiger charge is 2.10. The highest BCUT2D eigenvalue weighted by atomic mass is 19.3. The maximum absolute atomic E-state index is 12.1. The van der Waals surface area contributed by atoms with E-state index in [1.54, 1.807) is 6.92 Å². The van der Waals surface area contributed by atoms with Gasteiger partial charge in [-0.1, -0.05) is 6.92 Å². The Kier molecular flexibility index (Phi) is 4.39. The number of nitrogen functional groups attached to an aromatic ring is 1. The summed E-state index contributed by atoms with van der Waals surface area (Å²) in [4.78, 5) is 8.25. The molecule has 0 saturated heterocycles. The number of nitrogens with one attached hydrogen (secondary N) is 1. The van der Waals surface area contributed by atoms with Crippen LogP contribution in [0.15, 0.2) is 0 Å². The van der Waals surface area contributed by atoms with Gasteiger partial charge in [-0.25, -0.2) is 18.7 Å². The highest BCUT2D eigenvalue weighted by molar-refractivity contribution is 5.54. The quantitative estimate of drug-likeness (QED) is 0.812. The maximum Gasteiger partial charge on any atom is 0.255 e. The summed E-state index contributed by atoms with van der Waals surface area (Å²) >= 11 is 0. The number of rotatable bonds is 5. The molecule has 0 unspecified atom stereocenters. The van der Waals surface area contributed by atoms with Crippen LogP contribution in [0.2, 0.25) is 0 Å². The molecule has 0 bridgehead atoms. The number of nitrogens with two attached hydrogens (primary N) is 1. The smallest absolute Gasteiger partial charge is 0.255 e. The lowest BCUT2D eigenvalue weighted by molar-refractivity contribution is 0.163. The molecule has 6 heteroatoms. The third kappa shape index (κ3) is 3.29. The molecule has 0 aliphatic carbocycles. The van der Waals surface area contributed by atoms with Crippen LogP contribution in [0.3, 0.4) is 0 Å². The predicted molar refractivity (Wildman–Crippen MR) is 59.7 cm³/mol. The van der Waals surface area contributed by atoms with Crippen LogP contribution < -0.4 is 11.1 Å². The SMILES string of the molecule is CCCc1nc(N)c(C)c(NCC(F)F)n1. The molecule has 1 aromatic heterocycles. The molecule has 0 aromatic carbocycles. The van der Waals surface area contributed by atoms with Crippen LogP contribution in [-0.4, -0.2) is 22.9 Å². The Labute approximate surface area is 93.3 Å². The van der Waals surface area contributed by atoms with Gasteiger partial charge in [0.15, 0.2) is 0 Å². The van der Waals surface area contributed by atoms with E-state index in [4.69, 9.17) is 5.73 Å². The summed E-state index contributed by atoms with van der Waals surface area (Å²) in [6.07, 6.45) is -0.838. The van der Waals surface area contributed by atoms with E-state index in [1.165, 1.54) is 0 Å². The minimum absolute atomic E-state index is 0.343. The van der Waals surface area contributed by atoms with Crippen LogP contribution in [0.25, 0.3) is 0 Å². The Morgan fingerprint density at radius 2 is 2.06 bits per heavy atom. The molecule has 1 aromatic rings. The number of nitrogens with zero attached hydrogens (tertiary/aromatic N) is 2. The average molecular weight is 230 g/mol. The number of hydrogen-bond donors (Lipinski definition) is 2. The lowest BCUT2D eigenvalue weighted by Crippen LogP contribution is -2.15. The van der Waals surface area contributed by atoms with Crippen molar-refractivity contribution >= 4 is 11.6 Å². The fourth-order valence-corrected chi connectivity index (χ4v) is 1.26. The number of anilines is 2. The van der Waals surface area contributed by atoms with Gasteiger partial charge in [0.25, 0.3) is 6.43 Å². The lowest BCUT2D eigenvalue weighted by Gasteiger charge is -2.11. The predicted octanol–water partition coefficient (Wildman–Crippen LogP) is 2.00. The van der Waals surface area contributed by atoms with Crippen molar-refractivity contribution in [2.45, 2.75) is 33.1 Å². The Balaban J connectivity index is 2.88. The third-order valence-electron chi connectivity index (χ3n) is 2.13. The third-order valence-corrected chi connectivity index (χ3v) is 2.13. The number of hydrogen-bond acceptors (Lipinski definition) is 4. The first-order valence-corrected chi connectivity index (χ1v) is 5.19. The summed E-state index contributed by atoms with van der Waals surface area (Å²) in [5, 5.41) is 2.57. The maximum atomic E-state index is 12.1. The van der Waals surface area contributed by atoms with E-state index in [2.05, 4.69) is 15.3 Å². The first-order valence-electron chi connectivity index (χ1n) is 5.19. The van der Waals surface area contributed by atoms with E-state index in [9.17, 15) is 8.78 Å². The zero-order valence-electron chi connectivity index (χ0n) is 9.43. The van der Waals surface area contributed by atoms with Crippen molar-refractivity contribution in [1.82, 2.24) is 9.97 Å². The van der Waals surface area contributed by atoms with Gasteiger partial charge in [-0.2, -0.15) is 0 Å². The molecule has 0 aliphatic heterocycles. The molecule has 0 aliphatic rings. The average Bonchev–Trinajstić information content (AvgIpc) is 2.21. The van der Waals surface area contributed by atoms with Gasteiger partial charge in [0, 0.05) is 12.0 Å². The van der Waals surface area contributed by atoms with Crippen LogP contribution in [0.4, 0.5) is 20.4 Å². The lowest BCUT2D eigenvalue weighted by atomic mass is 10.2. The van der Waals surface area contributed by atoms with Gasteiger partial charge in [-0.05, 0) is 13.3 Å². The van der Waals surface area contributed by atoms with Gasteiger partial charge in [0.1, 0.15) is 17.5 Å². The summed E-state index contributed by atoms with van der Waals surface area (Å²) in [5.74, 6) is 1.33. The zero-order chi connectivity index (χ0) is 12.1. The zero-order valence-corrected chi connectivity index (χ0v) is 9.43. The fraction of sp³-hybridized carbons (Fsp3) is 0.600. The molecule has 16 heavy (non-hydrogen) atoms. The Morgan fingerprint density at radius 3 is 2.62 bits per heavy atom. The van der Waals surface area contributed by atoms with E-state index in [-0.39, 0.29) is 0 Å². The van der Waals surface area contributed by atoms with Crippen LogP contribution in [0.5, 0.6) is 0 Å². The van der Waals surface area contributed by atoms with Crippen molar-refractivity contribution in [1.29, 1.82) is 0 Å².